The molecule has 1 aliphatic rings. The number of rotatable bonds is 4. The molecule has 0 bridgehead atoms. The van der Waals surface area contributed by atoms with Gasteiger partial charge in [0.05, 0.1) is 29.4 Å². The van der Waals surface area contributed by atoms with E-state index in [-0.39, 0.29) is 0 Å². The Morgan fingerprint density at radius 2 is 1.89 bits per heavy atom. The molecule has 6 rings (SSSR count). The van der Waals surface area contributed by atoms with Crippen molar-refractivity contribution in [3.05, 3.63) is 100 Å². The smallest absolute Gasteiger partial charge is 0.337 e. The normalized spacial score (nSPS) is 15.1. The van der Waals surface area contributed by atoms with Gasteiger partial charge in [-0.2, -0.15) is 4.68 Å². The molecule has 0 aliphatic carbocycles. The van der Waals surface area contributed by atoms with Gasteiger partial charge in [0.15, 0.2) is 0 Å². The summed E-state index contributed by atoms with van der Waals surface area (Å²) in [4.78, 5) is 20.3. The molecule has 0 fully saturated rings. The number of hydrogen-bond acceptors (Lipinski definition) is 7. The van der Waals surface area contributed by atoms with Crippen LogP contribution in [0.1, 0.15) is 33.4 Å². The molecule has 1 aliphatic heterocycles. The van der Waals surface area contributed by atoms with Gasteiger partial charge < -0.3 is 15.0 Å². The van der Waals surface area contributed by atoms with Crippen molar-refractivity contribution in [1.29, 1.82) is 0 Å². The summed E-state index contributed by atoms with van der Waals surface area (Å²) in [6.07, 6.45) is 0. The first kappa shape index (κ1) is 21.1. The fourth-order valence-electron chi connectivity index (χ4n) is 4.32. The molecule has 35 heavy (non-hydrogen) atoms. The standard InChI is InChI=1S/C25H18ClN7O2/c1-35-24(34)15-11-9-14(10-12-15)22-20(23-27-18-7-2-3-8-19(18)28-23)21(16-5-4-6-17(26)13-16)29-25-30-31-32-33(22)25/h2-13,22H,1H3,(H,27,28)(H,29,30,32)/t22-/m0/s1. The van der Waals surface area contributed by atoms with Crippen LogP contribution in [-0.4, -0.2) is 43.3 Å². The summed E-state index contributed by atoms with van der Waals surface area (Å²) in [5, 5.41) is 16.3. The number of allylic oxidation sites excluding steroid dienone is 1. The lowest BCUT2D eigenvalue weighted by atomic mass is 9.92. The van der Waals surface area contributed by atoms with Gasteiger partial charge in [0.2, 0.25) is 5.95 Å². The Morgan fingerprint density at radius 1 is 1.06 bits per heavy atom. The monoisotopic (exact) mass is 483 g/mol. The highest BCUT2D eigenvalue weighted by atomic mass is 35.5. The van der Waals surface area contributed by atoms with Crippen LogP contribution in [0.15, 0.2) is 72.8 Å². The molecule has 5 aromatic rings. The zero-order valence-corrected chi connectivity index (χ0v) is 19.2. The maximum absolute atomic E-state index is 12.0. The molecule has 0 saturated carbocycles. The van der Waals surface area contributed by atoms with Gasteiger partial charge in [0, 0.05) is 16.2 Å². The fraction of sp³-hybridized carbons (Fsp3) is 0.0800. The van der Waals surface area contributed by atoms with Crippen molar-refractivity contribution in [2.45, 2.75) is 6.04 Å². The number of nitrogens with one attached hydrogen (secondary N) is 2. The van der Waals surface area contributed by atoms with Crippen molar-refractivity contribution in [3.63, 3.8) is 0 Å². The number of aromatic amines is 1. The molecule has 1 atom stereocenters. The summed E-state index contributed by atoms with van der Waals surface area (Å²) in [7, 11) is 1.36. The van der Waals surface area contributed by atoms with Gasteiger partial charge in [-0.15, -0.1) is 0 Å². The van der Waals surface area contributed by atoms with E-state index in [0.717, 1.165) is 33.4 Å². The number of nitrogens with zero attached hydrogens (tertiary/aromatic N) is 5. The van der Waals surface area contributed by atoms with Gasteiger partial charge in [-0.3, -0.25) is 0 Å². The summed E-state index contributed by atoms with van der Waals surface area (Å²) >= 11 is 6.35. The van der Waals surface area contributed by atoms with E-state index in [1.165, 1.54) is 7.11 Å². The highest BCUT2D eigenvalue weighted by molar-refractivity contribution is 6.30. The third-order valence-electron chi connectivity index (χ3n) is 5.92. The Kier molecular flexibility index (Phi) is 5.04. The second-order valence-corrected chi connectivity index (χ2v) is 8.43. The van der Waals surface area contributed by atoms with Crippen molar-refractivity contribution < 1.29 is 9.53 Å². The topological polar surface area (TPSA) is 111 Å². The largest absolute Gasteiger partial charge is 0.465 e. The number of fused-ring (bicyclic) bond motifs is 2. The lowest BCUT2D eigenvalue weighted by molar-refractivity contribution is 0.0600. The molecular weight excluding hydrogens is 466 g/mol. The van der Waals surface area contributed by atoms with Crippen molar-refractivity contribution in [2.24, 2.45) is 0 Å². The fourth-order valence-corrected chi connectivity index (χ4v) is 4.51. The number of ether oxygens (including phenoxy) is 1. The maximum atomic E-state index is 12.0. The van der Waals surface area contributed by atoms with Gasteiger partial charge in [-0.1, -0.05) is 53.1 Å². The molecule has 0 saturated heterocycles. The van der Waals surface area contributed by atoms with E-state index in [9.17, 15) is 4.79 Å². The number of halogens is 1. The van der Waals surface area contributed by atoms with E-state index in [0.29, 0.717) is 22.4 Å². The van der Waals surface area contributed by atoms with Gasteiger partial charge in [0.25, 0.3) is 0 Å². The van der Waals surface area contributed by atoms with Crippen molar-refractivity contribution in [3.8, 4) is 0 Å². The van der Waals surface area contributed by atoms with Gasteiger partial charge in [-0.25, -0.2) is 9.78 Å². The summed E-state index contributed by atoms with van der Waals surface area (Å²) in [5.41, 5.74) is 5.52. The first-order valence-electron chi connectivity index (χ1n) is 10.8. The quantitative estimate of drug-likeness (QED) is 0.360. The first-order chi connectivity index (χ1) is 17.1. The lowest BCUT2D eigenvalue weighted by Crippen LogP contribution is -2.25. The zero-order chi connectivity index (χ0) is 23.9. The minimum absolute atomic E-state index is 0.405. The number of esters is 1. The number of anilines is 1. The predicted molar refractivity (Wildman–Crippen MR) is 132 cm³/mol. The number of aromatic nitrogens is 6. The Hall–Kier alpha value is -4.50. The van der Waals surface area contributed by atoms with Crippen LogP contribution in [0.4, 0.5) is 5.95 Å². The molecule has 0 amide bonds. The number of para-hydroxylation sites is 2. The average Bonchev–Trinajstić information content (AvgIpc) is 3.54. The number of H-pyrrole nitrogens is 1. The van der Waals surface area contributed by atoms with Crippen LogP contribution >= 0.6 is 11.6 Å². The minimum Gasteiger partial charge on any atom is -0.465 e. The first-order valence-corrected chi connectivity index (χ1v) is 11.2. The van der Waals surface area contributed by atoms with Crippen LogP contribution in [0.3, 0.4) is 0 Å². The Balaban J connectivity index is 1.61. The van der Waals surface area contributed by atoms with E-state index in [2.05, 4.69) is 25.8 Å². The summed E-state index contributed by atoms with van der Waals surface area (Å²) in [6.45, 7) is 0. The van der Waals surface area contributed by atoms with E-state index in [1.807, 2.05) is 60.7 Å². The third kappa shape index (κ3) is 3.62. The lowest BCUT2D eigenvalue weighted by Gasteiger charge is -2.29. The molecule has 0 spiro atoms. The van der Waals surface area contributed by atoms with Crippen molar-refractivity contribution in [2.75, 3.05) is 12.4 Å². The number of benzene rings is 3. The summed E-state index contributed by atoms with van der Waals surface area (Å²) < 4.78 is 6.55. The Labute approximate surface area is 204 Å². The molecule has 172 valence electrons. The number of carbonyl (C=O) groups is 1. The maximum Gasteiger partial charge on any atom is 0.337 e. The Bertz CT molecular complexity index is 1570. The minimum atomic E-state index is -0.442. The predicted octanol–water partition coefficient (Wildman–Crippen LogP) is 4.57. The summed E-state index contributed by atoms with van der Waals surface area (Å²) in [6, 6.07) is 22.1. The highest BCUT2D eigenvalue weighted by Gasteiger charge is 2.34. The van der Waals surface area contributed by atoms with E-state index in [4.69, 9.17) is 21.3 Å². The van der Waals surface area contributed by atoms with Gasteiger partial charge in [0.1, 0.15) is 11.9 Å². The number of imidazole rings is 1. The van der Waals surface area contributed by atoms with Crippen LogP contribution in [0.25, 0.3) is 22.3 Å². The van der Waals surface area contributed by atoms with Crippen LogP contribution < -0.4 is 5.32 Å². The van der Waals surface area contributed by atoms with E-state index >= 15 is 0 Å². The second kappa shape index (κ2) is 8.37. The van der Waals surface area contributed by atoms with Crippen molar-refractivity contribution >= 4 is 45.8 Å². The molecule has 3 aromatic carbocycles. The molecule has 0 radical (unpaired) electrons. The average molecular weight is 484 g/mol. The van der Waals surface area contributed by atoms with Crippen LogP contribution in [0.2, 0.25) is 5.02 Å². The highest BCUT2D eigenvalue weighted by Crippen LogP contribution is 2.43. The molecule has 2 aromatic heterocycles. The third-order valence-corrected chi connectivity index (χ3v) is 6.16. The molecule has 3 heterocycles. The number of hydrogen-bond donors (Lipinski definition) is 2. The van der Waals surface area contributed by atoms with E-state index in [1.54, 1.807) is 16.8 Å². The zero-order valence-electron chi connectivity index (χ0n) is 18.4. The molecule has 0 unspecified atom stereocenters. The number of methoxy groups -OCH3 is 1. The molecule has 10 heteroatoms. The van der Waals surface area contributed by atoms with Crippen LogP contribution in [0.5, 0.6) is 0 Å². The summed E-state index contributed by atoms with van der Waals surface area (Å²) in [5.74, 6) is 0.733. The molecule has 2 N–H and O–H groups in total. The van der Waals surface area contributed by atoms with Crippen LogP contribution in [-0.2, 0) is 4.74 Å². The Morgan fingerprint density at radius 3 is 2.66 bits per heavy atom. The molecular formula is C25H18ClN7O2. The molecule has 9 nitrogen and oxygen atoms in total. The number of tetrazole rings is 1. The van der Waals surface area contributed by atoms with Crippen molar-refractivity contribution in [1.82, 2.24) is 30.2 Å². The van der Waals surface area contributed by atoms with Gasteiger partial charge in [-0.05, 0) is 52.4 Å². The van der Waals surface area contributed by atoms with Crippen LogP contribution in [0, 0.1) is 0 Å². The second-order valence-electron chi connectivity index (χ2n) is 7.99. The SMILES string of the molecule is COC(=O)c1ccc([C@H]2C(c3nc4ccccc4[nH]3)=C(c3cccc(Cl)c3)Nc3nnnn32)cc1. The number of carbonyl (C=O) groups excluding carboxylic acids is 1. The van der Waals surface area contributed by atoms with E-state index < -0.39 is 12.0 Å². The van der Waals surface area contributed by atoms with Gasteiger partial charge >= 0.3 is 5.97 Å².